The molecular weight excluding hydrogens is 1150 g/mol. The number of aliphatic carboxylic acids is 2. The van der Waals surface area contributed by atoms with Crippen molar-refractivity contribution in [3.63, 3.8) is 0 Å². The lowest BCUT2D eigenvalue weighted by Crippen LogP contribution is -2.71. The zero-order valence-corrected chi connectivity index (χ0v) is 49.0. The number of rotatable bonds is 12. The summed E-state index contributed by atoms with van der Waals surface area (Å²) >= 11 is 0. The van der Waals surface area contributed by atoms with Crippen LogP contribution in [0.5, 0.6) is 0 Å². The first kappa shape index (κ1) is 66.2. The van der Waals surface area contributed by atoms with E-state index in [9.17, 15) is 91.3 Å². The Labute approximate surface area is 495 Å². The van der Waals surface area contributed by atoms with Crippen LogP contribution in [0, 0.1) is 50.2 Å². The van der Waals surface area contributed by atoms with Gasteiger partial charge < -0.3 is 129 Å². The smallest absolute Gasteiger partial charge is 0.335 e. The van der Waals surface area contributed by atoms with Crippen molar-refractivity contribution in [2.75, 3.05) is 19.8 Å². The number of carboxylic acids is 2. The molecule has 86 heavy (non-hydrogen) atoms. The van der Waals surface area contributed by atoms with Crippen molar-refractivity contribution in [2.45, 2.75) is 253 Å². The summed E-state index contributed by atoms with van der Waals surface area (Å²) in [5.74, 6) is -5.73. The van der Waals surface area contributed by atoms with E-state index in [2.05, 4.69) is 26.8 Å². The van der Waals surface area contributed by atoms with Crippen molar-refractivity contribution in [1.29, 1.82) is 0 Å². The van der Waals surface area contributed by atoms with E-state index in [1.807, 2.05) is 13.8 Å². The molecule has 0 unspecified atom stereocenters. The molecule has 0 bridgehead atoms. The third kappa shape index (κ3) is 10.6. The molecule has 33 atom stereocenters. The average molecular weight is 1240 g/mol. The average Bonchev–Trinajstić information content (AvgIpc) is 0.673. The molecule has 0 aromatic heterocycles. The molecule has 5 aliphatic heterocycles. The van der Waals surface area contributed by atoms with Crippen LogP contribution in [-0.4, -0.2) is 273 Å². The Hall–Kier alpha value is -2.77. The Morgan fingerprint density at radius 1 is 0.535 bits per heavy atom. The van der Waals surface area contributed by atoms with Gasteiger partial charge in [-0.05, 0) is 105 Å². The fourth-order valence-electron chi connectivity index (χ4n) is 17.2. The first-order valence-electron chi connectivity index (χ1n) is 29.8. The van der Waals surface area contributed by atoms with E-state index in [0.717, 1.165) is 5.57 Å². The van der Waals surface area contributed by atoms with Crippen LogP contribution in [0.15, 0.2) is 11.6 Å². The quantitative estimate of drug-likeness (QED) is 0.0501. The van der Waals surface area contributed by atoms with Gasteiger partial charge in [-0.2, -0.15) is 0 Å². The van der Waals surface area contributed by atoms with Crippen LogP contribution in [0.2, 0.25) is 0 Å². The molecule has 4 saturated carbocycles. The van der Waals surface area contributed by atoms with Gasteiger partial charge in [0.1, 0.15) is 97.0 Å². The van der Waals surface area contributed by atoms with Gasteiger partial charge in [-0.15, -0.1) is 0 Å². The summed E-state index contributed by atoms with van der Waals surface area (Å²) in [6, 6.07) is 0. The van der Waals surface area contributed by atoms with Crippen LogP contribution in [0.25, 0.3) is 0 Å². The van der Waals surface area contributed by atoms with Gasteiger partial charge in [-0.1, -0.05) is 46.3 Å². The molecule has 0 amide bonds. The van der Waals surface area contributed by atoms with Crippen molar-refractivity contribution in [2.24, 2.45) is 50.2 Å². The van der Waals surface area contributed by atoms with Crippen molar-refractivity contribution in [1.82, 2.24) is 0 Å². The van der Waals surface area contributed by atoms with E-state index < -0.39 is 236 Å². The molecule has 9 fully saturated rings. The van der Waals surface area contributed by atoms with E-state index in [-0.39, 0.29) is 31.6 Å². The number of carbonyl (C=O) groups excluding carboxylic acids is 1. The molecule has 490 valence electrons. The van der Waals surface area contributed by atoms with E-state index in [1.165, 1.54) is 13.8 Å². The molecule has 29 heteroatoms. The molecule has 5 aliphatic carbocycles. The molecule has 10 rings (SSSR count). The molecule has 0 radical (unpaired) electrons. The minimum atomic E-state index is -2.05. The first-order valence-corrected chi connectivity index (χ1v) is 29.8. The van der Waals surface area contributed by atoms with E-state index in [1.54, 1.807) is 0 Å². The Bertz CT molecular complexity index is 2520. The number of fused-ring (bicyclic) bond motifs is 7. The van der Waals surface area contributed by atoms with Gasteiger partial charge in [0.25, 0.3) is 0 Å². The summed E-state index contributed by atoms with van der Waals surface area (Å²) in [4.78, 5) is 41.3. The number of aliphatic hydroxyl groups excluding tert-OH is 14. The normalized spacial score (nSPS) is 54.6. The topological polar surface area (TPSA) is 467 Å². The van der Waals surface area contributed by atoms with Crippen LogP contribution in [0.3, 0.4) is 0 Å². The number of esters is 1. The molecular formula is C57H88O29. The zero-order valence-electron chi connectivity index (χ0n) is 49.0. The second-order valence-corrected chi connectivity index (χ2v) is 27.8. The molecule has 0 aromatic rings. The van der Waals surface area contributed by atoms with Gasteiger partial charge in [-0.25, -0.2) is 4.79 Å². The molecule has 5 heterocycles. The number of carbonyl (C=O) groups is 3. The largest absolute Gasteiger partial charge is 0.481 e. The number of hydrogen-bond acceptors (Lipinski definition) is 27. The molecule has 0 spiro atoms. The fraction of sp³-hybridized carbons (Fsp3) is 0.912. The van der Waals surface area contributed by atoms with Crippen LogP contribution < -0.4 is 0 Å². The predicted octanol–water partition coefficient (Wildman–Crippen LogP) is -4.17. The molecule has 16 N–H and O–H groups in total. The molecule has 10 aliphatic rings. The predicted molar refractivity (Wildman–Crippen MR) is 281 cm³/mol. The number of allylic oxidation sites excluding steroid dienone is 2. The highest BCUT2D eigenvalue weighted by Gasteiger charge is 2.74. The summed E-state index contributed by atoms with van der Waals surface area (Å²) in [6.45, 7) is 11.4. The third-order valence-corrected chi connectivity index (χ3v) is 22.4. The Balaban J connectivity index is 0.920. The van der Waals surface area contributed by atoms with Crippen molar-refractivity contribution < 1.29 is 143 Å². The second kappa shape index (κ2) is 23.7. The van der Waals surface area contributed by atoms with Gasteiger partial charge in [0.2, 0.25) is 6.29 Å². The van der Waals surface area contributed by atoms with Gasteiger partial charge in [-0.3, -0.25) is 9.59 Å². The van der Waals surface area contributed by atoms with Crippen LogP contribution in [-0.2, 0) is 61.8 Å². The summed E-state index contributed by atoms with van der Waals surface area (Å²) in [6.07, 6.45) is -40.0. The minimum absolute atomic E-state index is 0.00813. The lowest BCUT2D eigenvalue weighted by molar-refractivity contribution is -0.388. The molecule has 29 nitrogen and oxygen atoms in total. The molecule has 0 aromatic carbocycles. The highest BCUT2D eigenvalue weighted by molar-refractivity contribution is 5.80. The van der Waals surface area contributed by atoms with E-state index >= 15 is 4.79 Å². The lowest BCUT2D eigenvalue weighted by atomic mass is 9.33. The second-order valence-electron chi connectivity index (χ2n) is 27.8. The SMILES string of the molecule is C[C@@H]1O[C@@H](O[C@H]2[C@H](OC(=O)[C@]34CCC(C)(C)C[C@H]3C3=CC[C@@H]5[C@@]6(C)C[C@H](O)[C@H](O[C@@H]7O[C@H](C(=O)O)[C@@H](O)[C@H](O)[C@H]7O)[C@@](C)(C(=O)O)[C@@H]6CC[C@@]5(C)[C@]3(C)C[C@@H]4O)OC[C@H](O)[C@@H]2O)[C@H](O)[C@H](O[C@@H]2OC[C@H](O)[C@H](O)[C@H]2O)[C@H]1O[C@@H]1OC[C@@H](O)[C@H](O)[C@H]1O. The van der Waals surface area contributed by atoms with Crippen LogP contribution >= 0.6 is 0 Å². The maximum absolute atomic E-state index is 15.6. The highest BCUT2D eigenvalue weighted by Crippen LogP contribution is 2.76. The Morgan fingerprint density at radius 2 is 1.08 bits per heavy atom. The summed E-state index contributed by atoms with van der Waals surface area (Å²) in [7, 11) is 0. The van der Waals surface area contributed by atoms with Crippen molar-refractivity contribution in [3.05, 3.63) is 11.6 Å². The van der Waals surface area contributed by atoms with Crippen LogP contribution in [0.4, 0.5) is 0 Å². The number of aliphatic hydroxyl groups is 14. The monoisotopic (exact) mass is 1240 g/mol. The number of ether oxygens (including phenoxy) is 10. The summed E-state index contributed by atoms with van der Waals surface area (Å²) < 4.78 is 59.0. The van der Waals surface area contributed by atoms with Crippen molar-refractivity contribution >= 4 is 17.9 Å². The van der Waals surface area contributed by atoms with Gasteiger partial charge >= 0.3 is 17.9 Å². The van der Waals surface area contributed by atoms with Gasteiger partial charge in [0.05, 0.1) is 43.5 Å². The number of carboxylic acid groups (broad SMARTS) is 2. The lowest BCUT2D eigenvalue weighted by Gasteiger charge is -2.71. The maximum Gasteiger partial charge on any atom is 0.335 e. The maximum atomic E-state index is 15.6. The third-order valence-electron chi connectivity index (χ3n) is 22.4. The van der Waals surface area contributed by atoms with Gasteiger partial charge in [0, 0.05) is 0 Å². The van der Waals surface area contributed by atoms with Gasteiger partial charge in [0.15, 0.2) is 37.4 Å². The Kier molecular flexibility index (Phi) is 18.3. The summed E-state index contributed by atoms with van der Waals surface area (Å²) in [5.41, 5.74) is -5.68. The minimum Gasteiger partial charge on any atom is -0.481 e. The Morgan fingerprint density at radius 3 is 1.67 bits per heavy atom. The highest BCUT2D eigenvalue weighted by atomic mass is 16.8. The number of hydrogen-bond donors (Lipinski definition) is 16. The van der Waals surface area contributed by atoms with Crippen molar-refractivity contribution in [3.8, 4) is 0 Å². The zero-order chi connectivity index (χ0) is 63.0. The fourth-order valence-corrected chi connectivity index (χ4v) is 17.2. The van der Waals surface area contributed by atoms with E-state index in [4.69, 9.17) is 47.4 Å². The standard InChI is InChI=1S/C57H88O29/c1-20-39(81-45-35(68)30(63)24(59)17-77-45)40(82-46-36(69)31(64)25(60)18-78-46)38(71)48(80-20)84-42-32(65)26(61)19-79-49(42)86-51(76)57-13-12-52(2,3)14-22(57)21-8-9-27-53(4)15-23(58)43(85-47-37(70)33(66)34(67)41(83-47)44(72)73)56(7,50(74)75)28(53)10-11-54(27,5)55(21,6)16-29(57)62/h8,20,22-43,45-49,58-71H,9-19H2,1-7H3,(H,72,73)(H,74,75)/t20-,22-,23-,24+,25-,26-,27+,28+,29-,30-,31-,32-,33-,34-,35+,36+,37+,38+,39-,40-,41-,42+,43-,45-,46-,47-,48-,49-,53+,54+,55+,56-,57+/m0/s1. The van der Waals surface area contributed by atoms with Crippen LogP contribution in [0.1, 0.15) is 99.8 Å². The summed E-state index contributed by atoms with van der Waals surface area (Å²) in [5, 5.41) is 176. The molecule has 5 saturated heterocycles. The van der Waals surface area contributed by atoms with E-state index in [0.29, 0.717) is 25.7 Å². The first-order chi connectivity index (χ1) is 40.1.